The van der Waals surface area contributed by atoms with E-state index in [9.17, 15) is 13.6 Å². The van der Waals surface area contributed by atoms with Crippen LogP contribution in [-0.2, 0) is 4.74 Å². The molecule has 0 aliphatic heterocycles. The van der Waals surface area contributed by atoms with Gasteiger partial charge in [-0.25, -0.2) is 8.78 Å². The van der Waals surface area contributed by atoms with Crippen molar-refractivity contribution in [3.8, 4) is 0 Å². The third kappa shape index (κ3) is 4.08. The summed E-state index contributed by atoms with van der Waals surface area (Å²) in [7, 11) is 1.47. The number of hydrogen-bond acceptors (Lipinski definition) is 3. The Hall–Kier alpha value is -1.53. The number of benzene rings is 1. The molecule has 17 heavy (non-hydrogen) atoms. The molecule has 1 amide bonds. The van der Waals surface area contributed by atoms with Gasteiger partial charge in [-0.05, 0) is 12.1 Å². The van der Waals surface area contributed by atoms with Crippen LogP contribution in [0.2, 0.25) is 0 Å². The molecule has 0 aliphatic carbocycles. The fourth-order valence-electron chi connectivity index (χ4n) is 1.32. The van der Waals surface area contributed by atoms with Crippen LogP contribution in [0.3, 0.4) is 0 Å². The summed E-state index contributed by atoms with van der Waals surface area (Å²) in [6, 6.07) is 2.23. The van der Waals surface area contributed by atoms with Crippen molar-refractivity contribution in [1.82, 2.24) is 5.32 Å². The summed E-state index contributed by atoms with van der Waals surface area (Å²) in [5.74, 6) is -2.19. The summed E-state index contributed by atoms with van der Waals surface area (Å²) in [6.07, 6.45) is 0. The Balaban J connectivity index is 2.75. The van der Waals surface area contributed by atoms with E-state index >= 15 is 0 Å². The van der Waals surface area contributed by atoms with Crippen LogP contribution in [0.25, 0.3) is 0 Å². The molecule has 1 aromatic carbocycles. The van der Waals surface area contributed by atoms with E-state index in [2.05, 4.69) is 5.32 Å². The molecule has 0 fully saturated rings. The van der Waals surface area contributed by atoms with Crippen LogP contribution in [0.5, 0.6) is 0 Å². The van der Waals surface area contributed by atoms with Gasteiger partial charge in [-0.2, -0.15) is 0 Å². The monoisotopic (exact) mass is 244 g/mol. The lowest BCUT2D eigenvalue weighted by Crippen LogP contribution is -2.43. The summed E-state index contributed by atoms with van der Waals surface area (Å²) in [6.45, 7) is 0.414. The first-order valence-corrected chi connectivity index (χ1v) is 5.02. The second-order valence-corrected chi connectivity index (χ2v) is 3.52. The zero-order valence-electron chi connectivity index (χ0n) is 9.37. The van der Waals surface area contributed by atoms with Gasteiger partial charge in [0.1, 0.15) is 11.6 Å². The van der Waals surface area contributed by atoms with Gasteiger partial charge in [0.15, 0.2) is 0 Å². The average Bonchev–Trinajstić information content (AvgIpc) is 2.27. The maximum atomic E-state index is 12.9. The van der Waals surface area contributed by atoms with E-state index in [-0.39, 0.29) is 24.8 Å². The third-order valence-electron chi connectivity index (χ3n) is 2.11. The Labute approximate surface area is 97.8 Å². The van der Waals surface area contributed by atoms with Gasteiger partial charge in [-0.15, -0.1) is 0 Å². The number of rotatable bonds is 5. The third-order valence-corrected chi connectivity index (χ3v) is 2.11. The average molecular weight is 244 g/mol. The highest BCUT2D eigenvalue weighted by atomic mass is 19.1. The summed E-state index contributed by atoms with van der Waals surface area (Å²) >= 11 is 0. The molecule has 0 spiro atoms. The Bertz CT molecular complexity index is 379. The maximum Gasteiger partial charge on any atom is 0.251 e. The molecule has 0 radical (unpaired) electrons. The van der Waals surface area contributed by atoms with E-state index in [0.717, 1.165) is 12.1 Å². The lowest BCUT2D eigenvalue weighted by molar-refractivity contribution is 0.0899. The smallest absolute Gasteiger partial charge is 0.251 e. The van der Waals surface area contributed by atoms with Gasteiger partial charge in [0.25, 0.3) is 5.91 Å². The molecule has 6 heteroatoms. The highest BCUT2D eigenvalue weighted by Gasteiger charge is 2.13. The van der Waals surface area contributed by atoms with Gasteiger partial charge < -0.3 is 15.8 Å². The molecule has 1 unspecified atom stereocenters. The van der Waals surface area contributed by atoms with Gasteiger partial charge in [0.05, 0.1) is 12.6 Å². The Morgan fingerprint density at radius 2 is 2.00 bits per heavy atom. The summed E-state index contributed by atoms with van der Waals surface area (Å²) in [4.78, 5) is 11.6. The molecule has 0 saturated heterocycles. The second-order valence-electron chi connectivity index (χ2n) is 3.52. The van der Waals surface area contributed by atoms with Crippen LogP contribution >= 0.6 is 0 Å². The molecule has 0 saturated carbocycles. The Morgan fingerprint density at radius 1 is 1.41 bits per heavy atom. The van der Waals surface area contributed by atoms with Gasteiger partial charge in [0.2, 0.25) is 0 Å². The van der Waals surface area contributed by atoms with Gasteiger partial charge >= 0.3 is 0 Å². The lowest BCUT2D eigenvalue weighted by atomic mass is 10.2. The zero-order valence-corrected chi connectivity index (χ0v) is 9.37. The maximum absolute atomic E-state index is 12.9. The number of carbonyl (C=O) groups excluding carboxylic acids is 1. The van der Waals surface area contributed by atoms with E-state index < -0.39 is 17.5 Å². The molecule has 0 aromatic heterocycles. The SMILES string of the molecule is COCC(CN)NC(=O)c1cc(F)cc(F)c1. The van der Waals surface area contributed by atoms with Crippen LogP contribution in [-0.4, -0.2) is 32.2 Å². The van der Waals surface area contributed by atoms with Crippen LogP contribution in [0.1, 0.15) is 10.4 Å². The minimum absolute atomic E-state index is 0.0861. The van der Waals surface area contributed by atoms with E-state index in [1.165, 1.54) is 7.11 Å². The van der Waals surface area contributed by atoms with Crippen molar-refractivity contribution in [3.05, 3.63) is 35.4 Å². The standard InChI is InChI=1S/C11H14F2N2O2/c1-17-6-10(5-14)15-11(16)7-2-8(12)4-9(13)3-7/h2-4,10H,5-6,14H2,1H3,(H,15,16). The largest absolute Gasteiger partial charge is 0.383 e. The molecular weight excluding hydrogens is 230 g/mol. The number of ether oxygens (including phenoxy) is 1. The van der Waals surface area contributed by atoms with Crippen molar-refractivity contribution < 1.29 is 18.3 Å². The Kier molecular flexibility index (Phi) is 4.99. The number of halogens is 2. The van der Waals surface area contributed by atoms with E-state index in [1.54, 1.807) is 0 Å². The minimum atomic E-state index is -0.800. The van der Waals surface area contributed by atoms with Crippen LogP contribution in [0.15, 0.2) is 18.2 Å². The minimum Gasteiger partial charge on any atom is -0.383 e. The molecule has 1 aromatic rings. The van der Waals surface area contributed by atoms with Crippen molar-refractivity contribution >= 4 is 5.91 Å². The first-order valence-electron chi connectivity index (χ1n) is 5.02. The molecule has 94 valence electrons. The lowest BCUT2D eigenvalue weighted by Gasteiger charge is -2.15. The van der Waals surface area contributed by atoms with Crippen LogP contribution < -0.4 is 11.1 Å². The molecule has 1 rings (SSSR count). The summed E-state index contributed by atoms with van der Waals surface area (Å²) < 4.78 is 30.6. The van der Waals surface area contributed by atoms with Crippen molar-refractivity contribution in [1.29, 1.82) is 0 Å². The predicted molar refractivity (Wildman–Crippen MR) is 58.5 cm³/mol. The number of amides is 1. The van der Waals surface area contributed by atoms with E-state index in [4.69, 9.17) is 10.5 Å². The van der Waals surface area contributed by atoms with Gasteiger partial charge in [-0.1, -0.05) is 0 Å². The molecule has 0 aliphatic rings. The predicted octanol–water partition coefficient (Wildman–Crippen LogP) is 0.668. The molecule has 3 N–H and O–H groups in total. The normalized spacial score (nSPS) is 12.2. The number of nitrogens with two attached hydrogens (primary N) is 1. The topological polar surface area (TPSA) is 64.3 Å². The molecule has 0 bridgehead atoms. The first kappa shape index (κ1) is 13.5. The fourth-order valence-corrected chi connectivity index (χ4v) is 1.32. The van der Waals surface area contributed by atoms with Crippen LogP contribution in [0.4, 0.5) is 8.78 Å². The van der Waals surface area contributed by atoms with Crippen molar-refractivity contribution in [2.24, 2.45) is 5.73 Å². The Morgan fingerprint density at radius 3 is 2.47 bits per heavy atom. The van der Waals surface area contributed by atoms with Crippen molar-refractivity contribution in [2.75, 3.05) is 20.3 Å². The molecule has 1 atom stereocenters. The number of methoxy groups -OCH3 is 1. The van der Waals surface area contributed by atoms with E-state index in [0.29, 0.717) is 6.07 Å². The molecule has 0 heterocycles. The van der Waals surface area contributed by atoms with Crippen molar-refractivity contribution in [2.45, 2.75) is 6.04 Å². The summed E-state index contributed by atoms with van der Waals surface area (Å²) in [5.41, 5.74) is 5.32. The first-order chi connectivity index (χ1) is 8.06. The fraction of sp³-hybridized carbons (Fsp3) is 0.364. The second kappa shape index (κ2) is 6.27. The van der Waals surface area contributed by atoms with Crippen LogP contribution in [0, 0.1) is 11.6 Å². The molecular formula is C11H14F2N2O2. The van der Waals surface area contributed by atoms with E-state index in [1.807, 2.05) is 0 Å². The number of carbonyl (C=O) groups is 1. The molecule has 4 nitrogen and oxygen atoms in total. The zero-order chi connectivity index (χ0) is 12.8. The number of hydrogen-bond donors (Lipinski definition) is 2. The van der Waals surface area contributed by atoms with Gasteiger partial charge in [0, 0.05) is 25.3 Å². The van der Waals surface area contributed by atoms with Gasteiger partial charge in [-0.3, -0.25) is 4.79 Å². The number of nitrogens with one attached hydrogen (secondary N) is 1. The summed E-state index contributed by atoms with van der Waals surface area (Å²) in [5, 5.41) is 2.52. The highest BCUT2D eigenvalue weighted by molar-refractivity contribution is 5.94. The quantitative estimate of drug-likeness (QED) is 0.800. The van der Waals surface area contributed by atoms with Crippen molar-refractivity contribution in [3.63, 3.8) is 0 Å². The highest BCUT2D eigenvalue weighted by Crippen LogP contribution is 2.08.